The molecular weight excluding hydrogens is 396 g/mol. The Morgan fingerprint density at radius 1 is 1.26 bits per heavy atom. The molecule has 0 unspecified atom stereocenters. The number of fused-ring (bicyclic) bond motifs is 1. The van der Waals surface area contributed by atoms with Gasteiger partial charge in [0.25, 0.3) is 5.91 Å². The van der Waals surface area contributed by atoms with Gasteiger partial charge in [-0.2, -0.15) is 5.10 Å². The topological polar surface area (TPSA) is 105 Å². The van der Waals surface area contributed by atoms with Crippen LogP contribution in [0.5, 0.6) is 5.88 Å². The second-order valence-corrected chi connectivity index (χ2v) is 7.30. The molecule has 0 aliphatic heterocycles. The highest BCUT2D eigenvalue weighted by Gasteiger charge is 2.27. The number of amides is 1. The Balaban J connectivity index is 1.58. The van der Waals surface area contributed by atoms with E-state index in [1.165, 1.54) is 0 Å². The van der Waals surface area contributed by atoms with Gasteiger partial charge in [-0.1, -0.05) is 19.0 Å². The number of aromatic nitrogens is 3. The third kappa shape index (κ3) is 6.04. The van der Waals surface area contributed by atoms with Crippen molar-refractivity contribution in [3.63, 3.8) is 0 Å². The number of H-pyrrole nitrogens is 1. The van der Waals surface area contributed by atoms with Crippen LogP contribution in [0.15, 0.2) is 23.5 Å². The quantitative estimate of drug-likeness (QED) is 0.421. The highest BCUT2D eigenvalue weighted by Crippen LogP contribution is 2.24. The summed E-state index contributed by atoms with van der Waals surface area (Å²) in [5.74, 6) is 0.235. The largest absolute Gasteiger partial charge is 0.478 e. The first-order chi connectivity index (χ1) is 15.2. The lowest BCUT2D eigenvalue weighted by molar-refractivity contribution is 0.102. The lowest BCUT2D eigenvalue weighted by Gasteiger charge is -2.17. The maximum Gasteiger partial charge on any atom is 0.276 e. The normalized spacial score (nSPS) is 14.5. The fourth-order valence-electron chi connectivity index (χ4n) is 3.56. The number of rotatable bonds is 11. The van der Waals surface area contributed by atoms with E-state index in [0.29, 0.717) is 30.5 Å². The van der Waals surface area contributed by atoms with E-state index in [2.05, 4.69) is 44.4 Å². The molecule has 1 aliphatic rings. The number of pyridine rings is 1. The summed E-state index contributed by atoms with van der Waals surface area (Å²) in [6.07, 6.45) is 5.07. The van der Waals surface area contributed by atoms with Crippen molar-refractivity contribution in [1.82, 2.24) is 20.1 Å². The van der Waals surface area contributed by atoms with Gasteiger partial charge in [-0.25, -0.2) is 4.98 Å². The zero-order valence-corrected chi connectivity index (χ0v) is 18.6. The Morgan fingerprint density at radius 2 is 2.10 bits per heavy atom. The molecule has 3 rings (SSSR count). The molecule has 0 saturated carbocycles. The Bertz CT molecular complexity index is 874. The zero-order chi connectivity index (χ0) is 22.1. The molecule has 9 nitrogen and oxygen atoms in total. The van der Waals surface area contributed by atoms with Crippen molar-refractivity contribution < 1.29 is 14.4 Å². The molecule has 1 amide bonds. The summed E-state index contributed by atoms with van der Waals surface area (Å²) in [6, 6.07) is 3.54. The summed E-state index contributed by atoms with van der Waals surface area (Å²) >= 11 is 0. The summed E-state index contributed by atoms with van der Waals surface area (Å²) in [5, 5.41) is 14.2. The van der Waals surface area contributed by atoms with E-state index in [0.717, 1.165) is 62.3 Å². The van der Waals surface area contributed by atoms with Crippen LogP contribution in [0, 0.1) is 0 Å². The number of aromatic amines is 1. The molecule has 0 radical (unpaired) electrons. The summed E-state index contributed by atoms with van der Waals surface area (Å²) in [6.45, 7) is 10.4. The minimum absolute atomic E-state index is 0.307. The molecule has 0 aromatic carbocycles. The molecule has 2 aromatic heterocycles. The van der Waals surface area contributed by atoms with Gasteiger partial charge in [0, 0.05) is 18.3 Å². The SMILES string of the molecule is CCON=C1CCCc2[nH]nc(C(=O)Nc3ccc(OCCCN(CC)CC)nc3)c21. The molecule has 0 atom stereocenters. The van der Waals surface area contributed by atoms with Crippen molar-refractivity contribution in [2.45, 2.75) is 46.5 Å². The van der Waals surface area contributed by atoms with Crippen LogP contribution in [-0.2, 0) is 11.3 Å². The fourth-order valence-corrected chi connectivity index (χ4v) is 3.56. The molecular formula is C22H32N6O3. The van der Waals surface area contributed by atoms with Crippen LogP contribution in [0.3, 0.4) is 0 Å². The average molecular weight is 429 g/mol. The first-order valence-electron chi connectivity index (χ1n) is 11.0. The number of carbonyl (C=O) groups is 1. The Kier molecular flexibility index (Phi) is 8.40. The van der Waals surface area contributed by atoms with Crippen molar-refractivity contribution in [2.75, 3.05) is 38.2 Å². The third-order valence-corrected chi connectivity index (χ3v) is 5.25. The molecule has 31 heavy (non-hydrogen) atoms. The predicted octanol–water partition coefficient (Wildman–Crippen LogP) is 3.24. The maximum absolute atomic E-state index is 12.8. The molecule has 9 heteroatoms. The fraction of sp³-hybridized carbons (Fsp3) is 0.545. The number of carbonyl (C=O) groups excluding carboxylic acids is 1. The van der Waals surface area contributed by atoms with Crippen LogP contribution in [0.1, 0.15) is 61.8 Å². The number of ether oxygens (including phenoxy) is 1. The van der Waals surface area contributed by atoms with Crippen LogP contribution in [0.4, 0.5) is 5.69 Å². The van der Waals surface area contributed by atoms with Crippen molar-refractivity contribution >= 4 is 17.3 Å². The van der Waals surface area contributed by atoms with Gasteiger partial charge in [-0.15, -0.1) is 0 Å². The average Bonchev–Trinajstić information content (AvgIpc) is 3.24. The second kappa shape index (κ2) is 11.5. The Hall–Kier alpha value is -2.94. The minimum Gasteiger partial charge on any atom is -0.478 e. The van der Waals surface area contributed by atoms with E-state index in [-0.39, 0.29) is 5.91 Å². The van der Waals surface area contributed by atoms with Gasteiger partial charge in [0.1, 0.15) is 6.61 Å². The number of hydrogen-bond donors (Lipinski definition) is 2. The number of aryl methyl sites for hydroxylation is 1. The van der Waals surface area contributed by atoms with E-state index in [4.69, 9.17) is 9.57 Å². The number of oxime groups is 1. The highest BCUT2D eigenvalue weighted by molar-refractivity contribution is 6.13. The zero-order valence-electron chi connectivity index (χ0n) is 18.6. The van der Waals surface area contributed by atoms with Crippen LogP contribution in [-0.4, -0.2) is 64.5 Å². The van der Waals surface area contributed by atoms with E-state index < -0.39 is 0 Å². The third-order valence-electron chi connectivity index (χ3n) is 5.25. The van der Waals surface area contributed by atoms with Crippen LogP contribution < -0.4 is 10.1 Å². The summed E-state index contributed by atoms with van der Waals surface area (Å²) in [7, 11) is 0. The number of nitrogens with zero attached hydrogens (tertiary/aromatic N) is 4. The van der Waals surface area contributed by atoms with Crippen molar-refractivity contribution in [3.8, 4) is 5.88 Å². The van der Waals surface area contributed by atoms with Gasteiger partial charge in [0.2, 0.25) is 5.88 Å². The van der Waals surface area contributed by atoms with Crippen LogP contribution >= 0.6 is 0 Å². The molecule has 2 heterocycles. The summed E-state index contributed by atoms with van der Waals surface area (Å²) in [5.41, 5.74) is 3.33. The highest BCUT2D eigenvalue weighted by atomic mass is 16.6. The molecule has 1 aliphatic carbocycles. The molecule has 168 valence electrons. The van der Waals surface area contributed by atoms with Crippen LogP contribution in [0.25, 0.3) is 0 Å². The molecule has 0 saturated heterocycles. The van der Waals surface area contributed by atoms with Gasteiger partial charge in [-0.05, 0) is 51.8 Å². The number of nitrogens with one attached hydrogen (secondary N) is 2. The van der Waals surface area contributed by atoms with E-state index >= 15 is 0 Å². The summed E-state index contributed by atoms with van der Waals surface area (Å²) < 4.78 is 5.71. The maximum atomic E-state index is 12.8. The van der Waals surface area contributed by atoms with E-state index in [1.807, 2.05) is 6.92 Å². The minimum atomic E-state index is -0.307. The molecule has 2 aromatic rings. The predicted molar refractivity (Wildman–Crippen MR) is 120 cm³/mol. The van der Waals surface area contributed by atoms with Crippen molar-refractivity contribution in [2.24, 2.45) is 5.16 Å². The molecule has 0 fully saturated rings. The van der Waals surface area contributed by atoms with Gasteiger partial charge in [-0.3, -0.25) is 9.89 Å². The smallest absolute Gasteiger partial charge is 0.276 e. The standard InChI is InChI=1S/C22H32N6O3/c1-4-28(5-2)13-8-14-30-19-12-11-16(15-23-19)24-22(29)21-20-17(25-26-21)9-7-10-18(20)27-31-6-3/h11-12,15H,4-10,13-14H2,1-3H3,(H,24,29)(H,25,26). The number of hydrogen-bond acceptors (Lipinski definition) is 7. The van der Waals surface area contributed by atoms with Crippen molar-refractivity contribution in [3.05, 3.63) is 35.3 Å². The Labute approximate surface area is 183 Å². The first kappa shape index (κ1) is 22.7. The second-order valence-electron chi connectivity index (χ2n) is 7.30. The van der Waals surface area contributed by atoms with Gasteiger partial charge in [0.15, 0.2) is 5.69 Å². The monoisotopic (exact) mass is 428 g/mol. The van der Waals surface area contributed by atoms with Gasteiger partial charge < -0.3 is 19.8 Å². The lowest BCUT2D eigenvalue weighted by atomic mass is 9.93. The first-order valence-corrected chi connectivity index (χ1v) is 11.0. The van der Waals surface area contributed by atoms with E-state index in [9.17, 15) is 4.79 Å². The van der Waals surface area contributed by atoms with Crippen LogP contribution in [0.2, 0.25) is 0 Å². The van der Waals surface area contributed by atoms with Gasteiger partial charge >= 0.3 is 0 Å². The van der Waals surface area contributed by atoms with Crippen molar-refractivity contribution in [1.29, 1.82) is 0 Å². The number of anilines is 1. The van der Waals surface area contributed by atoms with E-state index in [1.54, 1.807) is 18.3 Å². The Morgan fingerprint density at radius 3 is 2.81 bits per heavy atom. The molecule has 0 bridgehead atoms. The molecule has 0 spiro atoms. The summed E-state index contributed by atoms with van der Waals surface area (Å²) in [4.78, 5) is 24.7. The van der Waals surface area contributed by atoms with Gasteiger partial charge in [0.05, 0.1) is 29.8 Å². The lowest BCUT2D eigenvalue weighted by Crippen LogP contribution is -2.25. The molecule has 2 N–H and O–H groups in total.